The van der Waals surface area contributed by atoms with E-state index in [0.717, 1.165) is 19.5 Å². The lowest BCUT2D eigenvalue weighted by atomic mass is 10.0. The van der Waals surface area contributed by atoms with Gasteiger partial charge in [0.2, 0.25) is 5.91 Å². The van der Waals surface area contributed by atoms with Crippen molar-refractivity contribution in [3.05, 3.63) is 35.4 Å². The zero-order chi connectivity index (χ0) is 13.0. The summed E-state index contributed by atoms with van der Waals surface area (Å²) in [6, 6.07) is 8.48. The van der Waals surface area contributed by atoms with Crippen LogP contribution in [0.3, 0.4) is 0 Å². The average molecular weight is 283 g/mol. The first-order valence-corrected chi connectivity index (χ1v) is 6.74. The monoisotopic (exact) mass is 282 g/mol. The molecule has 1 aromatic carbocycles. The molecule has 0 aromatic heterocycles. The highest BCUT2D eigenvalue weighted by atomic mass is 35.5. The molecule has 1 saturated heterocycles. The smallest absolute Gasteiger partial charge is 0.224 e. The summed E-state index contributed by atoms with van der Waals surface area (Å²) in [4.78, 5) is 11.8. The third kappa shape index (κ3) is 4.51. The van der Waals surface area contributed by atoms with Crippen molar-refractivity contribution in [1.82, 2.24) is 10.6 Å². The lowest BCUT2D eigenvalue weighted by molar-refractivity contribution is -0.124. The van der Waals surface area contributed by atoms with Crippen LogP contribution in [0.15, 0.2) is 24.3 Å². The Morgan fingerprint density at radius 1 is 1.37 bits per heavy atom. The second-order valence-electron chi connectivity index (χ2n) is 5.30. The SMILES string of the molecule is CC(C)c1ccc(CNC(=O)C2CCNC2)cc1.Cl. The Hall–Kier alpha value is -1.06. The number of hydrogen-bond donors (Lipinski definition) is 2. The van der Waals surface area contributed by atoms with E-state index in [1.165, 1.54) is 11.1 Å². The van der Waals surface area contributed by atoms with Gasteiger partial charge in [-0.25, -0.2) is 0 Å². The first-order chi connectivity index (χ1) is 8.66. The first-order valence-electron chi connectivity index (χ1n) is 6.74. The molecule has 0 radical (unpaired) electrons. The Labute approximate surface area is 121 Å². The average Bonchev–Trinajstić information content (AvgIpc) is 2.90. The highest BCUT2D eigenvalue weighted by molar-refractivity contribution is 5.85. The lowest BCUT2D eigenvalue weighted by Gasteiger charge is -2.11. The predicted octanol–water partition coefficient (Wildman–Crippen LogP) is 2.46. The molecule has 1 heterocycles. The molecule has 1 aliphatic heterocycles. The maximum atomic E-state index is 11.8. The quantitative estimate of drug-likeness (QED) is 0.891. The van der Waals surface area contributed by atoms with Crippen molar-refractivity contribution in [2.45, 2.75) is 32.7 Å². The minimum absolute atomic E-state index is 0. The molecule has 0 aliphatic carbocycles. The molecule has 3 nitrogen and oxygen atoms in total. The van der Waals surface area contributed by atoms with Crippen molar-refractivity contribution in [1.29, 1.82) is 0 Å². The molecule has 2 N–H and O–H groups in total. The van der Waals surface area contributed by atoms with Gasteiger partial charge in [0.25, 0.3) is 0 Å². The summed E-state index contributed by atoms with van der Waals surface area (Å²) in [7, 11) is 0. The molecule has 4 heteroatoms. The Morgan fingerprint density at radius 2 is 2.05 bits per heavy atom. The molecular formula is C15H23ClN2O. The molecular weight excluding hydrogens is 260 g/mol. The van der Waals surface area contributed by atoms with Crippen molar-refractivity contribution in [3.8, 4) is 0 Å². The van der Waals surface area contributed by atoms with Gasteiger partial charge in [0.15, 0.2) is 0 Å². The molecule has 0 saturated carbocycles. The van der Waals surface area contributed by atoms with Gasteiger partial charge in [-0.1, -0.05) is 38.1 Å². The fourth-order valence-electron chi connectivity index (χ4n) is 2.23. The van der Waals surface area contributed by atoms with Gasteiger partial charge in [-0.3, -0.25) is 4.79 Å². The number of rotatable bonds is 4. The van der Waals surface area contributed by atoms with Gasteiger partial charge in [-0.2, -0.15) is 0 Å². The largest absolute Gasteiger partial charge is 0.352 e. The highest BCUT2D eigenvalue weighted by Gasteiger charge is 2.21. The van der Waals surface area contributed by atoms with Crippen LogP contribution in [0, 0.1) is 5.92 Å². The minimum atomic E-state index is 0. The van der Waals surface area contributed by atoms with Crippen LogP contribution in [0.1, 0.15) is 37.3 Å². The van der Waals surface area contributed by atoms with Crippen molar-refractivity contribution >= 4 is 18.3 Å². The zero-order valence-electron chi connectivity index (χ0n) is 11.6. The molecule has 2 rings (SSSR count). The van der Waals surface area contributed by atoms with Crippen LogP contribution >= 0.6 is 12.4 Å². The van der Waals surface area contributed by atoms with Gasteiger partial charge in [-0.15, -0.1) is 12.4 Å². The number of benzene rings is 1. The summed E-state index contributed by atoms with van der Waals surface area (Å²) < 4.78 is 0. The second-order valence-corrected chi connectivity index (χ2v) is 5.30. The van der Waals surface area contributed by atoms with E-state index in [0.29, 0.717) is 12.5 Å². The zero-order valence-corrected chi connectivity index (χ0v) is 12.4. The van der Waals surface area contributed by atoms with E-state index in [2.05, 4.69) is 48.7 Å². The van der Waals surface area contributed by atoms with Crippen LogP contribution < -0.4 is 10.6 Å². The van der Waals surface area contributed by atoms with Gasteiger partial charge >= 0.3 is 0 Å². The van der Waals surface area contributed by atoms with Gasteiger partial charge < -0.3 is 10.6 Å². The fourth-order valence-corrected chi connectivity index (χ4v) is 2.23. The van der Waals surface area contributed by atoms with Crippen LogP contribution in [0.5, 0.6) is 0 Å². The molecule has 1 aromatic rings. The molecule has 1 fully saturated rings. The summed E-state index contributed by atoms with van der Waals surface area (Å²) in [6.45, 7) is 6.78. The van der Waals surface area contributed by atoms with Gasteiger partial charge in [0.05, 0.1) is 5.92 Å². The summed E-state index contributed by atoms with van der Waals surface area (Å²) >= 11 is 0. The van der Waals surface area contributed by atoms with Crippen LogP contribution in [0.4, 0.5) is 0 Å². The van der Waals surface area contributed by atoms with Gasteiger partial charge in [0.1, 0.15) is 0 Å². The van der Waals surface area contributed by atoms with Gasteiger partial charge in [-0.05, 0) is 30.0 Å². The van der Waals surface area contributed by atoms with Crippen LogP contribution in [-0.2, 0) is 11.3 Å². The molecule has 1 atom stereocenters. The van der Waals surface area contributed by atoms with E-state index >= 15 is 0 Å². The van der Waals surface area contributed by atoms with Crippen molar-refractivity contribution in [2.75, 3.05) is 13.1 Å². The molecule has 19 heavy (non-hydrogen) atoms. The molecule has 0 bridgehead atoms. The Morgan fingerprint density at radius 3 is 2.58 bits per heavy atom. The molecule has 1 amide bonds. The lowest BCUT2D eigenvalue weighted by Crippen LogP contribution is -2.31. The third-order valence-electron chi connectivity index (χ3n) is 3.54. The molecule has 1 unspecified atom stereocenters. The third-order valence-corrected chi connectivity index (χ3v) is 3.54. The Balaban J connectivity index is 0.00000180. The van der Waals surface area contributed by atoms with Crippen molar-refractivity contribution < 1.29 is 4.79 Å². The standard InChI is InChI=1S/C15H22N2O.ClH/c1-11(2)13-5-3-12(4-6-13)9-17-15(18)14-7-8-16-10-14;/h3-6,11,14,16H,7-10H2,1-2H3,(H,17,18);1H. The van der Waals surface area contributed by atoms with Crippen molar-refractivity contribution in [3.63, 3.8) is 0 Å². The van der Waals surface area contributed by atoms with Crippen LogP contribution in [0.2, 0.25) is 0 Å². The minimum Gasteiger partial charge on any atom is -0.352 e. The Kier molecular flexibility index (Phi) is 6.32. The van der Waals surface area contributed by atoms with E-state index in [-0.39, 0.29) is 24.2 Å². The normalized spacial score (nSPS) is 18.2. The molecule has 1 aliphatic rings. The number of carbonyl (C=O) groups excluding carboxylic acids is 1. The van der Waals surface area contributed by atoms with E-state index in [9.17, 15) is 4.79 Å². The molecule has 106 valence electrons. The predicted molar refractivity (Wildman–Crippen MR) is 80.6 cm³/mol. The summed E-state index contributed by atoms with van der Waals surface area (Å²) in [5.74, 6) is 0.881. The van der Waals surface area contributed by atoms with Crippen LogP contribution in [-0.4, -0.2) is 19.0 Å². The number of hydrogen-bond acceptors (Lipinski definition) is 2. The topological polar surface area (TPSA) is 41.1 Å². The van der Waals surface area contributed by atoms with Crippen molar-refractivity contribution in [2.24, 2.45) is 5.92 Å². The maximum absolute atomic E-state index is 11.8. The summed E-state index contributed by atoms with van der Waals surface area (Å²) in [6.07, 6.45) is 0.956. The Bertz CT molecular complexity index is 397. The van der Waals surface area contributed by atoms with E-state index < -0.39 is 0 Å². The number of nitrogens with one attached hydrogen (secondary N) is 2. The van der Waals surface area contributed by atoms with E-state index in [4.69, 9.17) is 0 Å². The fraction of sp³-hybridized carbons (Fsp3) is 0.533. The second kappa shape index (κ2) is 7.51. The summed E-state index contributed by atoms with van der Waals surface area (Å²) in [5.41, 5.74) is 2.50. The van der Waals surface area contributed by atoms with E-state index in [1.807, 2.05) is 0 Å². The van der Waals surface area contributed by atoms with Crippen LogP contribution in [0.25, 0.3) is 0 Å². The summed E-state index contributed by atoms with van der Waals surface area (Å²) in [5, 5.41) is 6.22. The number of amides is 1. The first kappa shape index (κ1) is 16.0. The van der Waals surface area contributed by atoms with Gasteiger partial charge in [0, 0.05) is 13.1 Å². The van der Waals surface area contributed by atoms with E-state index in [1.54, 1.807) is 0 Å². The number of carbonyl (C=O) groups is 1. The number of halogens is 1. The highest BCUT2D eigenvalue weighted by Crippen LogP contribution is 2.14. The molecule has 0 spiro atoms. The maximum Gasteiger partial charge on any atom is 0.224 e.